The summed E-state index contributed by atoms with van der Waals surface area (Å²) < 4.78 is 10.3. The van der Waals surface area contributed by atoms with Gasteiger partial charge in [0.2, 0.25) is 0 Å². The molecule has 0 spiro atoms. The van der Waals surface area contributed by atoms with Crippen molar-refractivity contribution in [3.05, 3.63) is 63.6 Å². The molecule has 0 amide bonds. The van der Waals surface area contributed by atoms with Crippen LogP contribution < -0.4 is 9.47 Å². The van der Waals surface area contributed by atoms with Crippen molar-refractivity contribution in [2.75, 3.05) is 14.2 Å². The molecular weight excluding hydrogens is 323 g/mol. The molecule has 0 aliphatic heterocycles. The Bertz CT molecular complexity index is 707. The molecule has 0 radical (unpaired) electrons. The molecule has 0 aliphatic carbocycles. The Morgan fingerprint density at radius 1 is 1.00 bits per heavy atom. The maximum Gasteiger partial charge on any atom is 0.189 e. The quantitative estimate of drug-likeness (QED) is 0.575. The molecule has 114 valence electrons. The monoisotopic (exact) mass is 336 g/mol. The fourth-order valence-electron chi connectivity index (χ4n) is 1.89. The standard InChI is InChI=1S/C17H14Cl2O3/c1-21-16-10-17(22-2)14(19)9-13(16)15(20)8-5-11-3-6-12(18)7-4-11/h3-10H,1-2H3. The van der Waals surface area contributed by atoms with Gasteiger partial charge in [0.1, 0.15) is 11.5 Å². The van der Waals surface area contributed by atoms with Crippen molar-refractivity contribution in [2.45, 2.75) is 0 Å². The molecule has 0 fully saturated rings. The summed E-state index contributed by atoms with van der Waals surface area (Å²) in [6, 6.07) is 10.3. The van der Waals surface area contributed by atoms with E-state index in [2.05, 4.69) is 0 Å². The van der Waals surface area contributed by atoms with Gasteiger partial charge in [-0.25, -0.2) is 0 Å². The van der Waals surface area contributed by atoms with Gasteiger partial charge >= 0.3 is 0 Å². The predicted molar refractivity (Wildman–Crippen MR) is 89.4 cm³/mol. The van der Waals surface area contributed by atoms with Crippen molar-refractivity contribution >= 4 is 35.1 Å². The summed E-state index contributed by atoms with van der Waals surface area (Å²) in [6.07, 6.45) is 3.17. The van der Waals surface area contributed by atoms with Gasteiger partial charge in [0.25, 0.3) is 0 Å². The number of carbonyl (C=O) groups is 1. The Morgan fingerprint density at radius 2 is 1.64 bits per heavy atom. The van der Waals surface area contributed by atoms with Crippen molar-refractivity contribution in [3.63, 3.8) is 0 Å². The van der Waals surface area contributed by atoms with Crippen molar-refractivity contribution in [1.29, 1.82) is 0 Å². The number of carbonyl (C=O) groups excluding carboxylic acids is 1. The Kier molecular flexibility index (Phi) is 5.47. The summed E-state index contributed by atoms with van der Waals surface area (Å²) in [6.45, 7) is 0. The molecule has 2 rings (SSSR count). The van der Waals surface area contributed by atoms with Crippen LogP contribution in [0.1, 0.15) is 15.9 Å². The Morgan fingerprint density at radius 3 is 2.23 bits per heavy atom. The fourth-order valence-corrected chi connectivity index (χ4v) is 2.25. The molecule has 0 bridgehead atoms. The lowest BCUT2D eigenvalue weighted by Gasteiger charge is -2.10. The van der Waals surface area contributed by atoms with Crippen LogP contribution in [0.2, 0.25) is 10.0 Å². The van der Waals surface area contributed by atoms with E-state index >= 15 is 0 Å². The average molecular weight is 337 g/mol. The minimum Gasteiger partial charge on any atom is -0.496 e. The van der Waals surface area contributed by atoms with Crippen LogP contribution in [0.5, 0.6) is 11.5 Å². The highest BCUT2D eigenvalue weighted by Crippen LogP contribution is 2.33. The molecule has 5 heteroatoms. The van der Waals surface area contributed by atoms with E-state index in [-0.39, 0.29) is 5.78 Å². The molecule has 3 nitrogen and oxygen atoms in total. The molecule has 0 N–H and O–H groups in total. The molecule has 2 aromatic carbocycles. The minimum atomic E-state index is -0.212. The number of methoxy groups -OCH3 is 2. The minimum absolute atomic E-state index is 0.212. The SMILES string of the molecule is COc1cc(OC)c(C(=O)C=Cc2ccc(Cl)cc2)cc1Cl. The van der Waals surface area contributed by atoms with E-state index < -0.39 is 0 Å². The number of benzene rings is 2. The predicted octanol–water partition coefficient (Wildman–Crippen LogP) is 4.91. The molecule has 0 saturated heterocycles. The average Bonchev–Trinajstić information content (AvgIpc) is 2.53. The summed E-state index contributed by atoms with van der Waals surface area (Å²) in [5.74, 6) is 0.653. The number of halogens is 2. The smallest absolute Gasteiger partial charge is 0.189 e. The second-order valence-corrected chi connectivity index (χ2v) is 5.28. The zero-order chi connectivity index (χ0) is 16.1. The summed E-state index contributed by atoms with van der Waals surface area (Å²) in [5.41, 5.74) is 1.25. The normalized spacial score (nSPS) is 10.7. The molecule has 0 aliphatic rings. The third kappa shape index (κ3) is 3.81. The lowest BCUT2D eigenvalue weighted by molar-refractivity contribution is 0.104. The van der Waals surface area contributed by atoms with E-state index in [4.69, 9.17) is 32.7 Å². The topological polar surface area (TPSA) is 35.5 Å². The number of ketones is 1. The van der Waals surface area contributed by atoms with E-state index in [1.54, 1.807) is 24.3 Å². The van der Waals surface area contributed by atoms with Gasteiger partial charge in [0, 0.05) is 11.1 Å². The molecular formula is C17H14Cl2O3. The van der Waals surface area contributed by atoms with Gasteiger partial charge in [-0.1, -0.05) is 41.4 Å². The van der Waals surface area contributed by atoms with Crippen molar-refractivity contribution in [3.8, 4) is 11.5 Å². The molecule has 0 unspecified atom stereocenters. The second-order valence-electron chi connectivity index (χ2n) is 4.44. The van der Waals surface area contributed by atoms with E-state index in [1.807, 2.05) is 12.1 Å². The zero-order valence-electron chi connectivity index (χ0n) is 12.1. The van der Waals surface area contributed by atoms with Crippen LogP contribution in [0.25, 0.3) is 6.08 Å². The van der Waals surface area contributed by atoms with Crippen LogP contribution in [0, 0.1) is 0 Å². The van der Waals surface area contributed by atoms with Crippen molar-refractivity contribution < 1.29 is 14.3 Å². The van der Waals surface area contributed by atoms with E-state index in [1.165, 1.54) is 26.4 Å². The first-order valence-corrected chi connectivity index (χ1v) is 7.20. The highest BCUT2D eigenvalue weighted by molar-refractivity contribution is 6.32. The summed E-state index contributed by atoms with van der Waals surface area (Å²) in [4.78, 5) is 12.3. The highest BCUT2D eigenvalue weighted by Gasteiger charge is 2.14. The number of rotatable bonds is 5. The molecule has 0 atom stereocenters. The Labute approximate surface area is 139 Å². The first kappa shape index (κ1) is 16.4. The third-order valence-electron chi connectivity index (χ3n) is 3.04. The molecule has 0 saturated carbocycles. The van der Waals surface area contributed by atoms with Crippen LogP contribution in [-0.2, 0) is 0 Å². The third-order valence-corrected chi connectivity index (χ3v) is 3.58. The summed E-state index contributed by atoms with van der Waals surface area (Å²) in [5, 5.41) is 0.999. The van der Waals surface area contributed by atoms with Gasteiger partial charge in [0.15, 0.2) is 5.78 Å². The second kappa shape index (κ2) is 7.34. The largest absolute Gasteiger partial charge is 0.496 e. The van der Waals surface area contributed by atoms with Crippen LogP contribution in [-0.4, -0.2) is 20.0 Å². The first-order valence-electron chi connectivity index (χ1n) is 6.44. The van der Waals surface area contributed by atoms with Crippen molar-refractivity contribution in [2.24, 2.45) is 0 Å². The van der Waals surface area contributed by atoms with Gasteiger partial charge in [0.05, 0.1) is 24.8 Å². The van der Waals surface area contributed by atoms with Gasteiger partial charge < -0.3 is 9.47 Å². The van der Waals surface area contributed by atoms with E-state index in [9.17, 15) is 4.79 Å². The Balaban J connectivity index is 2.29. The zero-order valence-corrected chi connectivity index (χ0v) is 13.6. The van der Waals surface area contributed by atoms with Crippen molar-refractivity contribution in [1.82, 2.24) is 0 Å². The number of hydrogen-bond acceptors (Lipinski definition) is 3. The van der Waals surface area contributed by atoms with E-state index in [0.717, 1.165) is 5.56 Å². The first-order chi connectivity index (χ1) is 10.5. The highest BCUT2D eigenvalue weighted by atomic mass is 35.5. The van der Waals surface area contributed by atoms with Crippen LogP contribution in [0.15, 0.2) is 42.5 Å². The molecule has 0 aromatic heterocycles. The lowest BCUT2D eigenvalue weighted by Crippen LogP contribution is -2.00. The van der Waals surface area contributed by atoms with Gasteiger partial charge in [-0.15, -0.1) is 0 Å². The van der Waals surface area contributed by atoms with Crippen LogP contribution in [0.4, 0.5) is 0 Å². The molecule has 0 heterocycles. The van der Waals surface area contributed by atoms with Gasteiger partial charge in [-0.05, 0) is 29.8 Å². The fraction of sp³-hybridized carbons (Fsp3) is 0.118. The van der Waals surface area contributed by atoms with E-state index in [0.29, 0.717) is 27.1 Å². The Hall–Kier alpha value is -1.97. The number of ether oxygens (including phenoxy) is 2. The molecule has 22 heavy (non-hydrogen) atoms. The lowest BCUT2D eigenvalue weighted by atomic mass is 10.1. The van der Waals surface area contributed by atoms with Crippen LogP contribution in [0.3, 0.4) is 0 Å². The summed E-state index contributed by atoms with van der Waals surface area (Å²) >= 11 is 11.9. The molecule has 2 aromatic rings. The number of hydrogen-bond donors (Lipinski definition) is 0. The number of allylic oxidation sites excluding steroid dienone is 1. The summed E-state index contributed by atoms with van der Waals surface area (Å²) in [7, 11) is 2.99. The van der Waals surface area contributed by atoms with Crippen LogP contribution >= 0.6 is 23.2 Å². The van der Waals surface area contributed by atoms with Gasteiger partial charge in [-0.3, -0.25) is 4.79 Å². The van der Waals surface area contributed by atoms with Gasteiger partial charge in [-0.2, -0.15) is 0 Å². The maximum atomic E-state index is 12.3. The maximum absolute atomic E-state index is 12.3.